The maximum atomic E-state index is 11.5. The van der Waals surface area contributed by atoms with Gasteiger partial charge in [-0.1, -0.05) is 30.3 Å². The maximum Gasteiger partial charge on any atom is 0.418 e. The van der Waals surface area contributed by atoms with E-state index in [-0.39, 0.29) is 0 Å². The Morgan fingerprint density at radius 2 is 1.50 bits per heavy atom. The van der Waals surface area contributed by atoms with E-state index in [1.54, 1.807) is 0 Å². The number of hydrogen-bond donors (Lipinski definition) is 0. The van der Waals surface area contributed by atoms with Crippen LogP contribution in [0.5, 0.6) is 0 Å². The van der Waals surface area contributed by atoms with Crippen LogP contribution >= 0.6 is 0 Å². The van der Waals surface area contributed by atoms with Crippen molar-refractivity contribution < 1.29 is 23.3 Å². The molecule has 0 aliphatic carbocycles. The molecule has 0 bridgehead atoms. The van der Waals surface area contributed by atoms with Gasteiger partial charge in [-0.25, -0.2) is 20.2 Å². The molecule has 0 amide bonds. The van der Waals surface area contributed by atoms with Gasteiger partial charge in [0.2, 0.25) is 10.1 Å². The molecule has 0 aromatic heterocycles. The van der Waals surface area contributed by atoms with Gasteiger partial charge < -0.3 is 0 Å². The van der Waals surface area contributed by atoms with Gasteiger partial charge in [0.25, 0.3) is 4.52 Å². The third kappa shape index (κ3) is 2.40. The smallest absolute Gasteiger partial charge is 0.273 e. The molecule has 11 heteroatoms. The Morgan fingerprint density at radius 1 is 1.06 bits per heavy atom. The summed E-state index contributed by atoms with van der Waals surface area (Å²) >= 11 is 0. The molecule has 1 aromatic carbocycles. The van der Waals surface area contributed by atoms with Crippen LogP contribution in [0.1, 0.15) is 10.4 Å². The number of carbonyl (C=O) groups is 1. The largest absolute Gasteiger partial charge is 0.418 e. The zero-order chi connectivity index (χ0) is 13.9. The molecule has 18 heavy (non-hydrogen) atoms. The van der Waals surface area contributed by atoms with Crippen LogP contribution in [-0.4, -0.2) is 28.1 Å². The molecule has 0 N–H and O–H groups in total. The summed E-state index contributed by atoms with van der Waals surface area (Å²) in [5, 5.41) is 15.2. The van der Waals surface area contributed by atoms with Crippen LogP contribution in [0, 0.1) is 20.2 Å². The standard InChI is InChI=1S/C7H5N3O7S/c11-7(6-4-2-1-3-5-6)18(16,17)8(9(12)13)10(14)15/h1-5H. The van der Waals surface area contributed by atoms with E-state index in [1.807, 2.05) is 0 Å². The molecule has 0 spiro atoms. The molecule has 0 aliphatic heterocycles. The lowest BCUT2D eigenvalue weighted by molar-refractivity contribution is -0.870. The van der Waals surface area contributed by atoms with Gasteiger partial charge in [0.15, 0.2) is 0 Å². The normalized spacial score (nSPS) is 10.7. The molecule has 0 heterocycles. The second kappa shape index (κ2) is 4.75. The number of benzene rings is 1. The number of carbonyl (C=O) groups excluding carboxylic acids is 1. The summed E-state index contributed by atoms with van der Waals surface area (Å²) in [5.41, 5.74) is -0.411. The van der Waals surface area contributed by atoms with E-state index in [9.17, 15) is 33.4 Å². The molecular weight excluding hydrogens is 270 g/mol. The van der Waals surface area contributed by atoms with Crippen LogP contribution in [0.4, 0.5) is 0 Å². The molecule has 0 saturated carbocycles. The Labute approximate surface area is 99.7 Å². The average Bonchev–Trinajstić information content (AvgIpc) is 2.27. The van der Waals surface area contributed by atoms with Gasteiger partial charge in [-0.05, 0) is 0 Å². The van der Waals surface area contributed by atoms with E-state index >= 15 is 0 Å². The summed E-state index contributed by atoms with van der Waals surface area (Å²) in [4.78, 5) is 32.0. The fourth-order valence-corrected chi connectivity index (χ4v) is 1.97. The van der Waals surface area contributed by atoms with Crippen molar-refractivity contribution >= 4 is 15.1 Å². The topological polar surface area (TPSA) is 141 Å². The van der Waals surface area contributed by atoms with Crippen molar-refractivity contribution in [3.05, 3.63) is 56.1 Å². The highest BCUT2D eigenvalue weighted by molar-refractivity contribution is 8.04. The molecule has 0 fully saturated rings. The van der Waals surface area contributed by atoms with E-state index in [1.165, 1.54) is 18.2 Å². The number of rotatable bonds is 4. The van der Waals surface area contributed by atoms with Crippen molar-refractivity contribution in [3.8, 4) is 0 Å². The zero-order valence-electron chi connectivity index (χ0n) is 8.49. The molecule has 0 radical (unpaired) electrons. The maximum absolute atomic E-state index is 11.5. The predicted octanol–water partition coefficient (Wildman–Crippen LogP) is -0.158. The molecule has 0 unspecified atom stereocenters. The average molecular weight is 275 g/mol. The summed E-state index contributed by atoms with van der Waals surface area (Å²) in [6, 6.07) is 6.23. The van der Waals surface area contributed by atoms with Gasteiger partial charge in [0.05, 0.1) is 0 Å². The second-order valence-corrected chi connectivity index (χ2v) is 4.50. The minimum Gasteiger partial charge on any atom is -0.273 e. The molecule has 0 atom stereocenters. The number of hydrogen-bond acceptors (Lipinski definition) is 7. The first-order chi connectivity index (χ1) is 8.28. The van der Waals surface area contributed by atoms with Crippen molar-refractivity contribution in [2.45, 2.75) is 0 Å². The molecule has 0 saturated heterocycles. The SMILES string of the molecule is O=C(c1ccccc1)S(=O)(=O)N([N+](=O)[O-])[N+](=O)[O-]. The van der Waals surface area contributed by atoms with Crippen molar-refractivity contribution in [3.63, 3.8) is 0 Å². The molecule has 1 aromatic rings. The van der Waals surface area contributed by atoms with Crippen molar-refractivity contribution in [1.82, 2.24) is 4.52 Å². The van der Waals surface area contributed by atoms with Crippen molar-refractivity contribution in [1.29, 1.82) is 0 Å². The van der Waals surface area contributed by atoms with E-state index in [0.29, 0.717) is 0 Å². The van der Waals surface area contributed by atoms with Crippen LogP contribution in [0.15, 0.2) is 30.3 Å². The summed E-state index contributed by atoms with van der Waals surface area (Å²) < 4.78 is 21.5. The number of nitrogens with zero attached hydrogens (tertiary/aromatic N) is 3. The predicted molar refractivity (Wildman–Crippen MR) is 55.5 cm³/mol. The fraction of sp³-hybridized carbons (Fsp3) is 0. The number of nitro groups is 2. The van der Waals surface area contributed by atoms with E-state index in [2.05, 4.69) is 0 Å². The lowest BCUT2D eigenvalue weighted by Gasteiger charge is -2.03. The first kappa shape index (κ1) is 13.5. The lowest BCUT2D eigenvalue weighted by Crippen LogP contribution is -2.44. The molecule has 10 nitrogen and oxygen atoms in total. The highest BCUT2D eigenvalue weighted by atomic mass is 32.2. The van der Waals surface area contributed by atoms with Crippen LogP contribution < -0.4 is 0 Å². The Hall–Kier alpha value is -2.56. The summed E-state index contributed by atoms with van der Waals surface area (Å²) in [7, 11) is -5.36. The Morgan fingerprint density at radius 3 is 1.89 bits per heavy atom. The lowest BCUT2D eigenvalue weighted by atomic mass is 10.2. The Balaban J connectivity index is 3.26. The van der Waals surface area contributed by atoms with Gasteiger partial charge in [-0.3, -0.25) is 4.79 Å². The Bertz CT molecular complexity index is 583. The van der Waals surface area contributed by atoms with E-state index < -0.39 is 35.3 Å². The second-order valence-electron chi connectivity index (χ2n) is 2.86. The number of hydrazine groups is 2. The number of sulfonamides is 1. The zero-order valence-corrected chi connectivity index (χ0v) is 9.31. The summed E-state index contributed by atoms with van der Waals surface area (Å²) in [5.74, 6) is 0. The summed E-state index contributed by atoms with van der Waals surface area (Å²) in [6.45, 7) is 0. The van der Waals surface area contributed by atoms with Gasteiger partial charge in [0, 0.05) is 5.56 Å². The van der Waals surface area contributed by atoms with Crippen LogP contribution in [0.2, 0.25) is 0 Å². The van der Waals surface area contributed by atoms with Crippen LogP contribution in [0.3, 0.4) is 0 Å². The van der Waals surface area contributed by atoms with E-state index in [0.717, 1.165) is 12.1 Å². The highest BCUT2D eigenvalue weighted by Gasteiger charge is 2.49. The van der Waals surface area contributed by atoms with Crippen molar-refractivity contribution in [2.75, 3.05) is 0 Å². The highest BCUT2D eigenvalue weighted by Crippen LogP contribution is 2.11. The van der Waals surface area contributed by atoms with E-state index in [4.69, 9.17) is 0 Å². The van der Waals surface area contributed by atoms with Crippen molar-refractivity contribution in [2.24, 2.45) is 0 Å². The molecular formula is C7H5N3O7S. The van der Waals surface area contributed by atoms with Crippen LogP contribution in [0.25, 0.3) is 0 Å². The van der Waals surface area contributed by atoms with Gasteiger partial charge in [0.1, 0.15) is 0 Å². The van der Waals surface area contributed by atoms with Gasteiger partial charge in [-0.2, -0.15) is 8.42 Å². The Kier molecular flexibility index (Phi) is 3.56. The minimum absolute atomic E-state index is 0.411. The molecule has 96 valence electrons. The van der Waals surface area contributed by atoms with Crippen LogP contribution in [-0.2, 0) is 10.0 Å². The van der Waals surface area contributed by atoms with Gasteiger partial charge >= 0.3 is 15.1 Å². The first-order valence-corrected chi connectivity index (χ1v) is 5.66. The molecule has 1 rings (SSSR count). The third-order valence-electron chi connectivity index (χ3n) is 1.74. The fourth-order valence-electron chi connectivity index (χ4n) is 1.03. The van der Waals surface area contributed by atoms with Gasteiger partial charge in [-0.15, -0.1) is 0 Å². The first-order valence-electron chi connectivity index (χ1n) is 4.22. The quantitative estimate of drug-likeness (QED) is 0.549. The third-order valence-corrected chi connectivity index (χ3v) is 3.14. The summed E-state index contributed by atoms with van der Waals surface area (Å²) in [6.07, 6.45) is 0. The molecule has 0 aliphatic rings. The minimum atomic E-state index is -5.36. The monoisotopic (exact) mass is 275 g/mol.